The molecule has 2 unspecified atom stereocenters. The second-order valence-electron chi connectivity index (χ2n) is 21.9. The number of hydrogen-bond donors (Lipinski definition) is 2. The fourth-order valence-electron chi connectivity index (χ4n) is 8.64. The Hall–Kier alpha value is -5.41. The van der Waals surface area contributed by atoms with E-state index >= 15 is 0 Å². The monoisotopic (exact) mass is 1250 g/mol. The molecule has 89 heavy (non-hydrogen) atoms. The minimum Gasteiger partial charge on any atom is -0.462 e. The van der Waals surface area contributed by atoms with Gasteiger partial charge in [-0.3, -0.25) is 18.6 Å². The van der Waals surface area contributed by atoms with E-state index in [1.807, 2.05) is 0 Å². The van der Waals surface area contributed by atoms with Gasteiger partial charge in [-0.15, -0.1) is 0 Å². The highest BCUT2D eigenvalue weighted by Crippen LogP contribution is 2.43. The normalized spacial score (nSPS) is 14.2. The minimum atomic E-state index is -4.42. The molecule has 9 nitrogen and oxygen atoms in total. The number of phosphoric ester groups is 1. The quantitative estimate of drug-likeness (QED) is 0.0264. The van der Waals surface area contributed by atoms with Crippen molar-refractivity contribution >= 4 is 19.8 Å². The number of ether oxygens (including phenoxy) is 2. The first-order valence-electron chi connectivity index (χ1n) is 34.6. The summed E-state index contributed by atoms with van der Waals surface area (Å²) in [5, 5.41) is 0. The second kappa shape index (κ2) is 71.7. The van der Waals surface area contributed by atoms with Gasteiger partial charge in [-0.25, -0.2) is 4.57 Å². The highest BCUT2D eigenvalue weighted by Gasteiger charge is 2.26. The lowest BCUT2D eigenvalue weighted by Crippen LogP contribution is -2.29. The summed E-state index contributed by atoms with van der Waals surface area (Å²) < 4.78 is 33.1. The Morgan fingerprint density at radius 1 is 0.337 bits per heavy atom. The zero-order valence-electron chi connectivity index (χ0n) is 55.8. The van der Waals surface area contributed by atoms with Crippen molar-refractivity contribution in [1.82, 2.24) is 0 Å². The fourth-order valence-corrected chi connectivity index (χ4v) is 9.41. The zero-order chi connectivity index (χ0) is 64.4. The maximum absolute atomic E-state index is 12.8. The van der Waals surface area contributed by atoms with Crippen LogP contribution in [0, 0.1) is 0 Å². The first-order chi connectivity index (χ1) is 43.8. The van der Waals surface area contributed by atoms with Crippen molar-refractivity contribution < 1.29 is 37.6 Å². The molecule has 2 atom stereocenters. The van der Waals surface area contributed by atoms with E-state index in [0.717, 1.165) is 148 Å². The van der Waals surface area contributed by atoms with E-state index in [1.165, 1.54) is 57.8 Å². The summed E-state index contributed by atoms with van der Waals surface area (Å²) in [6, 6.07) is 0. The molecule has 0 heterocycles. The molecule has 0 radical (unpaired) electrons. The topological polar surface area (TPSA) is 134 Å². The summed E-state index contributed by atoms with van der Waals surface area (Å²) in [5.74, 6) is -0.883. The molecule has 10 heteroatoms. The smallest absolute Gasteiger partial charge is 0.462 e. The van der Waals surface area contributed by atoms with Gasteiger partial charge in [0.1, 0.15) is 6.61 Å². The Labute approximate surface area is 544 Å². The molecule has 3 N–H and O–H groups in total. The number of nitrogens with two attached hydrogens (primary N) is 1. The van der Waals surface area contributed by atoms with Gasteiger partial charge in [-0.2, -0.15) is 0 Å². The molecule has 0 aromatic heterocycles. The van der Waals surface area contributed by atoms with Gasteiger partial charge in [0, 0.05) is 19.4 Å². The van der Waals surface area contributed by atoms with Gasteiger partial charge in [0.15, 0.2) is 6.10 Å². The molecule has 0 saturated heterocycles. The van der Waals surface area contributed by atoms with Gasteiger partial charge in [0.2, 0.25) is 0 Å². The highest BCUT2D eigenvalue weighted by atomic mass is 31.2. The summed E-state index contributed by atoms with van der Waals surface area (Å²) in [6.07, 6.45) is 110. The van der Waals surface area contributed by atoms with E-state index in [4.69, 9.17) is 24.3 Å². The number of esters is 2. The van der Waals surface area contributed by atoms with Crippen LogP contribution in [0.25, 0.3) is 0 Å². The lowest BCUT2D eigenvalue weighted by Gasteiger charge is -2.19. The van der Waals surface area contributed by atoms with E-state index < -0.39 is 32.5 Å². The van der Waals surface area contributed by atoms with Gasteiger partial charge in [-0.1, -0.05) is 291 Å². The number of carbonyl (C=O) groups is 2. The third-order valence-corrected chi connectivity index (χ3v) is 14.6. The third kappa shape index (κ3) is 71.5. The maximum atomic E-state index is 12.8. The summed E-state index contributed by atoms with van der Waals surface area (Å²) in [5.41, 5.74) is 5.40. The largest absolute Gasteiger partial charge is 0.472 e. The fraction of sp³-hybridized carbons (Fsp3) is 0.544. The van der Waals surface area contributed by atoms with Crippen LogP contribution in [-0.4, -0.2) is 49.3 Å². The van der Waals surface area contributed by atoms with Crippen molar-refractivity contribution in [2.75, 3.05) is 26.4 Å². The molecular weight excluding hydrogens is 1120 g/mol. The van der Waals surface area contributed by atoms with Gasteiger partial charge in [0.05, 0.1) is 13.2 Å². The van der Waals surface area contributed by atoms with E-state index in [1.54, 1.807) is 0 Å². The molecule has 0 spiro atoms. The van der Waals surface area contributed by atoms with Gasteiger partial charge < -0.3 is 20.1 Å². The Bertz CT molecular complexity index is 2210. The minimum absolute atomic E-state index is 0.0364. The number of unbranched alkanes of at least 4 members (excludes halogenated alkanes) is 15. The average Bonchev–Trinajstić information content (AvgIpc) is 3.68. The van der Waals surface area contributed by atoms with Crippen LogP contribution in [0.15, 0.2) is 207 Å². The molecule has 0 aliphatic carbocycles. The van der Waals surface area contributed by atoms with E-state index in [2.05, 4.69) is 220 Å². The summed E-state index contributed by atoms with van der Waals surface area (Å²) in [4.78, 5) is 35.3. The SMILES string of the molecule is CC/C=C\C/C=C\C/C=C\C/C=C\C/C=C\C/C=C\C/C=C\C/C=C\C/C=C\C/C=C\C/C=C\CCCCCC(=O)OC(COC(=O)CCCCCCCCCCCCCC/C=C\C/C=C\C/C=C\C/C=C\C/C=C\C/C=C\CC)COP(=O)(O)OCCN. The van der Waals surface area contributed by atoms with Crippen LogP contribution in [0.4, 0.5) is 0 Å². The van der Waals surface area contributed by atoms with Gasteiger partial charge in [-0.05, 0) is 148 Å². The standard InChI is InChI=1S/C79H124NO8P/c1-3-5-7-9-11-13-15-17-19-21-23-25-27-29-31-33-35-36-37-38-39-40-42-44-46-48-50-52-54-56-58-60-62-64-66-68-70-72-79(82)88-77(76-87-89(83,84)86-74-73-80)75-85-78(81)71-69-67-65-63-61-59-57-55-53-51-49-47-45-43-41-34-32-30-28-26-24-22-20-18-16-14-12-10-8-6-4-2/h5-8,11-14,17-20,23-26,29-32,35-36,38-39,41-44,48,50,54,56,60,62,77H,3-4,9-10,15-16,21-22,27-28,33-34,37,40,45-47,49,51-53,55,57-59,61,63-76,80H2,1-2H3,(H,83,84)/b7-5-,8-6-,13-11-,14-12-,19-17-,20-18-,25-23-,26-24-,31-29-,32-30-,36-35-,39-38-,43-41-,44-42-,50-48-,56-54-,62-60-. The molecule has 0 aliphatic heterocycles. The van der Waals surface area contributed by atoms with Crippen LogP contribution in [0.3, 0.4) is 0 Å². The number of rotatable bonds is 62. The van der Waals surface area contributed by atoms with Gasteiger partial charge >= 0.3 is 19.8 Å². The van der Waals surface area contributed by atoms with Crippen molar-refractivity contribution in [1.29, 1.82) is 0 Å². The molecular formula is C79H124NO8P. The molecule has 0 bridgehead atoms. The molecule has 0 saturated carbocycles. The Balaban J connectivity index is 4.06. The number of allylic oxidation sites excluding steroid dienone is 34. The van der Waals surface area contributed by atoms with Crippen molar-refractivity contribution in [3.8, 4) is 0 Å². The summed E-state index contributed by atoms with van der Waals surface area (Å²) >= 11 is 0. The molecule has 0 rings (SSSR count). The average molecular weight is 1250 g/mol. The van der Waals surface area contributed by atoms with Crippen LogP contribution >= 0.6 is 7.82 Å². The van der Waals surface area contributed by atoms with Crippen LogP contribution < -0.4 is 5.73 Å². The van der Waals surface area contributed by atoms with Crippen molar-refractivity contribution in [3.63, 3.8) is 0 Å². The van der Waals surface area contributed by atoms with Crippen LogP contribution in [0.5, 0.6) is 0 Å². The molecule has 0 amide bonds. The van der Waals surface area contributed by atoms with Crippen molar-refractivity contribution in [3.05, 3.63) is 207 Å². The maximum Gasteiger partial charge on any atom is 0.472 e. The second-order valence-corrected chi connectivity index (χ2v) is 23.4. The lowest BCUT2D eigenvalue weighted by molar-refractivity contribution is -0.161. The van der Waals surface area contributed by atoms with E-state index in [9.17, 15) is 19.0 Å². The van der Waals surface area contributed by atoms with Crippen molar-refractivity contribution in [2.24, 2.45) is 5.73 Å². The molecule has 0 aromatic rings. The van der Waals surface area contributed by atoms with E-state index in [0.29, 0.717) is 12.8 Å². The van der Waals surface area contributed by atoms with Crippen LogP contribution in [0.2, 0.25) is 0 Å². The van der Waals surface area contributed by atoms with Crippen LogP contribution in [-0.2, 0) is 32.7 Å². The van der Waals surface area contributed by atoms with Crippen LogP contribution in [0.1, 0.15) is 245 Å². The Kier molecular flexibility index (Phi) is 67.3. The highest BCUT2D eigenvalue weighted by molar-refractivity contribution is 7.47. The third-order valence-electron chi connectivity index (χ3n) is 13.7. The molecule has 498 valence electrons. The predicted octanol–water partition coefficient (Wildman–Crippen LogP) is 23.1. The Morgan fingerprint density at radius 3 is 0.876 bits per heavy atom. The first-order valence-corrected chi connectivity index (χ1v) is 36.1. The van der Waals surface area contributed by atoms with Crippen molar-refractivity contribution in [2.45, 2.75) is 251 Å². The van der Waals surface area contributed by atoms with Gasteiger partial charge in [0.25, 0.3) is 0 Å². The Morgan fingerprint density at radius 2 is 0.584 bits per heavy atom. The first kappa shape index (κ1) is 83.6. The summed E-state index contributed by atoms with van der Waals surface area (Å²) in [6.45, 7) is 3.45. The van der Waals surface area contributed by atoms with E-state index in [-0.39, 0.29) is 32.6 Å². The lowest BCUT2D eigenvalue weighted by atomic mass is 10.0. The molecule has 0 aromatic carbocycles. The molecule has 0 aliphatic rings. The number of hydrogen-bond acceptors (Lipinski definition) is 8. The zero-order valence-corrected chi connectivity index (χ0v) is 56.7. The molecule has 0 fully saturated rings. The number of phosphoric acid groups is 1. The summed E-state index contributed by atoms with van der Waals surface area (Å²) in [7, 11) is -4.42. The number of carbonyl (C=O) groups excluding carboxylic acids is 2. The predicted molar refractivity (Wildman–Crippen MR) is 385 cm³/mol.